The van der Waals surface area contributed by atoms with Crippen molar-refractivity contribution < 1.29 is 23.8 Å². The van der Waals surface area contributed by atoms with Crippen molar-refractivity contribution in [2.24, 2.45) is 0 Å². The standard InChI is InChI=1S/C19H21NO5/c1-3-11-24-19(22)14-7-9-15(10-8-14)20-18(21)13-25-17-6-4-5-16(12-17)23-2/h4-10,12H,3,11,13H2,1-2H3,(H,20,21). The molecular formula is C19H21NO5. The summed E-state index contributed by atoms with van der Waals surface area (Å²) in [6, 6.07) is 13.5. The molecule has 0 heterocycles. The third kappa shape index (κ3) is 5.84. The molecule has 0 atom stereocenters. The van der Waals surface area contributed by atoms with Crippen LogP contribution in [0.1, 0.15) is 23.7 Å². The fraction of sp³-hybridized carbons (Fsp3) is 0.263. The average Bonchev–Trinajstić information content (AvgIpc) is 2.65. The lowest BCUT2D eigenvalue weighted by Crippen LogP contribution is -2.20. The van der Waals surface area contributed by atoms with Crippen molar-refractivity contribution in [1.82, 2.24) is 0 Å². The number of ether oxygens (including phenoxy) is 3. The van der Waals surface area contributed by atoms with Crippen LogP contribution in [0, 0.1) is 0 Å². The van der Waals surface area contributed by atoms with Crippen LogP contribution in [-0.4, -0.2) is 32.2 Å². The number of methoxy groups -OCH3 is 1. The van der Waals surface area contributed by atoms with Gasteiger partial charge in [-0.25, -0.2) is 4.79 Å². The lowest BCUT2D eigenvalue weighted by Gasteiger charge is -2.09. The van der Waals surface area contributed by atoms with Crippen LogP contribution in [-0.2, 0) is 9.53 Å². The van der Waals surface area contributed by atoms with Gasteiger partial charge in [-0.3, -0.25) is 4.79 Å². The van der Waals surface area contributed by atoms with Gasteiger partial charge < -0.3 is 19.5 Å². The van der Waals surface area contributed by atoms with Gasteiger partial charge in [0.1, 0.15) is 11.5 Å². The number of carbonyl (C=O) groups is 2. The van der Waals surface area contributed by atoms with Crippen molar-refractivity contribution in [3.63, 3.8) is 0 Å². The Hall–Kier alpha value is -3.02. The number of hydrogen-bond donors (Lipinski definition) is 1. The predicted octanol–water partition coefficient (Wildman–Crippen LogP) is 3.28. The van der Waals surface area contributed by atoms with E-state index in [-0.39, 0.29) is 18.5 Å². The third-order valence-electron chi connectivity index (χ3n) is 3.25. The highest BCUT2D eigenvalue weighted by molar-refractivity contribution is 5.93. The minimum atomic E-state index is -0.374. The first-order chi connectivity index (χ1) is 12.1. The van der Waals surface area contributed by atoms with Crippen LogP contribution in [0.2, 0.25) is 0 Å². The van der Waals surface area contributed by atoms with Crippen LogP contribution in [0.15, 0.2) is 48.5 Å². The maximum Gasteiger partial charge on any atom is 0.338 e. The van der Waals surface area contributed by atoms with Crippen molar-refractivity contribution in [2.75, 3.05) is 25.6 Å². The van der Waals surface area contributed by atoms with E-state index in [1.165, 1.54) is 0 Å². The summed E-state index contributed by atoms with van der Waals surface area (Å²) in [6.07, 6.45) is 0.771. The highest BCUT2D eigenvalue weighted by Gasteiger charge is 2.08. The molecule has 2 aromatic rings. The van der Waals surface area contributed by atoms with Crippen molar-refractivity contribution in [3.8, 4) is 11.5 Å². The Kier molecular flexibility index (Phi) is 6.83. The summed E-state index contributed by atoms with van der Waals surface area (Å²) in [7, 11) is 1.56. The van der Waals surface area contributed by atoms with E-state index < -0.39 is 0 Å². The summed E-state index contributed by atoms with van der Waals surface area (Å²) >= 11 is 0. The number of amides is 1. The van der Waals surface area contributed by atoms with Gasteiger partial charge in [-0.2, -0.15) is 0 Å². The van der Waals surface area contributed by atoms with E-state index >= 15 is 0 Å². The van der Waals surface area contributed by atoms with Gasteiger partial charge in [0.25, 0.3) is 5.91 Å². The predicted molar refractivity (Wildman–Crippen MR) is 94.1 cm³/mol. The molecule has 0 saturated carbocycles. The lowest BCUT2D eigenvalue weighted by molar-refractivity contribution is -0.118. The molecular weight excluding hydrogens is 322 g/mol. The van der Waals surface area contributed by atoms with Crippen LogP contribution in [0.25, 0.3) is 0 Å². The van der Waals surface area contributed by atoms with Gasteiger partial charge in [0, 0.05) is 11.8 Å². The molecule has 0 bridgehead atoms. The molecule has 0 aromatic heterocycles. The van der Waals surface area contributed by atoms with Crippen LogP contribution in [0.3, 0.4) is 0 Å². The van der Waals surface area contributed by atoms with E-state index in [2.05, 4.69) is 5.32 Å². The van der Waals surface area contributed by atoms with Gasteiger partial charge in [-0.15, -0.1) is 0 Å². The third-order valence-corrected chi connectivity index (χ3v) is 3.25. The Bertz CT molecular complexity index is 712. The molecule has 132 valence electrons. The van der Waals surface area contributed by atoms with Crippen molar-refractivity contribution in [1.29, 1.82) is 0 Å². The monoisotopic (exact) mass is 343 g/mol. The molecule has 6 nitrogen and oxygen atoms in total. The van der Waals surface area contributed by atoms with Crippen molar-refractivity contribution in [2.45, 2.75) is 13.3 Å². The minimum absolute atomic E-state index is 0.131. The van der Waals surface area contributed by atoms with E-state index in [9.17, 15) is 9.59 Å². The van der Waals surface area contributed by atoms with Crippen LogP contribution in [0.4, 0.5) is 5.69 Å². The first-order valence-corrected chi connectivity index (χ1v) is 7.96. The zero-order valence-corrected chi connectivity index (χ0v) is 14.3. The van der Waals surface area contributed by atoms with Gasteiger partial charge >= 0.3 is 5.97 Å². The summed E-state index contributed by atoms with van der Waals surface area (Å²) in [5.74, 6) is 0.525. The second kappa shape index (κ2) is 9.32. The van der Waals surface area contributed by atoms with E-state index in [1.54, 1.807) is 55.6 Å². The summed E-state index contributed by atoms with van der Waals surface area (Å²) in [5, 5.41) is 2.70. The summed E-state index contributed by atoms with van der Waals surface area (Å²) < 4.78 is 15.6. The fourth-order valence-electron chi connectivity index (χ4n) is 2.00. The molecule has 2 rings (SSSR count). The Balaban J connectivity index is 1.84. The number of anilines is 1. The Morgan fingerprint density at radius 1 is 1.04 bits per heavy atom. The molecule has 0 unspecified atom stereocenters. The molecule has 0 aliphatic rings. The smallest absolute Gasteiger partial charge is 0.338 e. The van der Waals surface area contributed by atoms with E-state index in [0.29, 0.717) is 29.4 Å². The lowest BCUT2D eigenvalue weighted by atomic mass is 10.2. The number of nitrogens with one attached hydrogen (secondary N) is 1. The van der Waals surface area contributed by atoms with Gasteiger partial charge in [0.05, 0.1) is 19.3 Å². The van der Waals surface area contributed by atoms with Crippen molar-refractivity contribution >= 4 is 17.6 Å². The number of carbonyl (C=O) groups excluding carboxylic acids is 2. The zero-order valence-electron chi connectivity index (χ0n) is 14.3. The molecule has 0 aliphatic carbocycles. The van der Waals surface area contributed by atoms with Gasteiger partial charge in [0.2, 0.25) is 0 Å². The number of esters is 1. The highest BCUT2D eigenvalue weighted by Crippen LogP contribution is 2.18. The molecule has 6 heteroatoms. The maximum absolute atomic E-state index is 11.9. The molecule has 1 amide bonds. The summed E-state index contributed by atoms with van der Waals surface area (Å²) in [4.78, 5) is 23.7. The molecule has 0 aliphatic heterocycles. The maximum atomic E-state index is 11.9. The van der Waals surface area contributed by atoms with Crippen molar-refractivity contribution in [3.05, 3.63) is 54.1 Å². The van der Waals surface area contributed by atoms with E-state index in [4.69, 9.17) is 14.2 Å². The topological polar surface area (TPSA) is 73.9 Å². The van der Waals surface area contributed by atoms with Crippen LogP contribution >= 0.6 is 0 Å². The van der Waals surface area contributed by atoms with Gasteiger partial charge in [0.15, 0.2) is 6.61 Å². The van der Waals surface area contributed by atoms with Crippen LogP contribution in [0.5, 0.6) is 11.5 Å². The molecule has 0 saturated heterocycles. The van der Waals surface area contributed by atoms with Crippen LogP contribution < -0.4 is 14.8 Å². The minimum Gasteiger partial charge on any atom is -0.497 e. The van der Waals surface area contributed by atoms with Gasteiger partial charge in [-0.05, 0) is 42.8 Å². The average molecular weight is 343 g/mol. The molecule has 2 aromatic carbocycles. The molecule has 0 spiro atoms. The zero-order chi connectivity index (χ0) is 18.1. The SMILES string of the molecule is CCCOC(=O)c1ccc(NC(=O)COc2cccc(OC)c2)cc1. The van der Waals surface area contributed by atoms with E-state index in [0.717, 1.165) is 6.42 Å². The van der Waals surface area contributed by atoms with Gasteiger partial charge in [-0.1, -0.05) is 13.0 Å². The quantitative estimate of drug-likeness (QED) is 0.745. The molecule has 25 heavy (non-hydrogen) atoms. The highest BCUT2D eigenvalue weighted by atomic mass is 16.5. The van der Waals surface area contributed by atoms with E-state index in [1.807, 2.05) is 6.92 Å². The summed E-state index contributed by atoms with van der Waals surface area (Å²) in [6.45, 7) is 2.19. The normalized spacial score (nSPS) is 10.0. The Labute approximate surface area is 146 Å². The molecule has 0 fully saturated rings. The number of rotatable bonds is 8. The Morgan fingerprint density at radius 2 is 1.76 bits per heavy atom. The Morgan fingerprint density at radius 3 is 2.44 bits per heavy atom. The number of hydrogen-bond acceptors (Lipinski definition) is 5. The fourth-order valence-corrected chi connectivity index (χ4v) is 2.00. The first-order valence-electron chi connectivity index (χ1n) is 7.96. The first kappa shape index (κ1) is 18.3. The number of benzene rings is 2. The molecule has 1 N–H and O–H groups in total. The second-order valence-electron chi connectivity index (χ2n) is 5.23. The largest absolute Gasteiger partial charge is 0.497 e. The summed E-state index contributed by atoms with van der Waals surface area (Å²) in [5.41, 5.74) is 1.02. The molecule has 0 radical (unpaired) electrons. The second-order valence-corrected chi connectivity index (χ2v) is 5.23.